The summed E-state index contributed by atoms with van der Waals surface area (Å²) in [6.45, 7) is 2.23. The van der Waals surface area contributed by atoms with Crippen LogP contribution in [-0.2, 0) is 22.3 Å². The standard InChI is InChI=1S/C25H29BrN2O/c1-17-15-21-20-16-19(26)9-10-22(20)27-23(21)25(29-17)13-11-24(12-14-25,28(2)3)18-7-5-4-6-8-18/h4-10,16-17,27H,11-15H2,1-3H3. The van der Waals surface area contributed by atoms with Gasteiger partial charge in [-0.15, -0.1) is 0 Å². The van der Waals surface area contributed by atoms with Gasteiger partial charge in [-0.2, -0.15) is 0 Å². The first-order chi connectivity index (χ1) is 13.9. The van der Waals surface area contributed by atoms with E-state index in [4.69, 9.17) is 4.74 Å². The Morgan fingerprint density at radius 3 is 2.45 bits per heavy atom. The molecule has 1 N–H and O–H groups in total. The molecule has 1 fully saturated rings. The van der Waals surface area contributed by atoms with Crippen LogP contribution in [-0.4, -0.2) is 30.1 Å². The molecule has 1 aromatic heterocycles. The molecule has 2 aliphatic rings. The van der Waals surface area contributed by atoms with Gasteiger partial charge in [0.15, 0.2) is 0 Å². The molecule has 1 unspecified atom stereocenters. The van der Waals surface area contributed by atoms with E-state index in [1.807, 2.05) is 0 Å². The highest BCUT2D eigenvalue weighted by Crippen LogP contribution is 2.53. The van der Waals surface area contributed by atoms with Crippen molar-refractivity contribution < 1.29 is 4.74 Å². The van der Waals surface area contributed by atoms with Gasteiger partial charge < -0.3 is 9.72 Å². The predicted octanol–water partition coefficient (Wildman–Crippen LogP) is 6.12. The normalized spacial score (nSPS) is 29.5. The lowest BCUT2D eigenvalue weighted by atomic mass is 9.67. The summed E-state index contributed by atoms with van der Waals surface area (Å²) < 4.78 is 7.89. The van der Waals surface area contributed by atoms with Gasteiger partial charge >= 0.3 is 0 Å². The summed E-state index contributed by atoms with van der Waals surface area (Å²) in [5, 5.41) is 1.34. The number of nitrogens with zero attached hydrogens (tertiary/aromatic N) is 1. The lowest BCUT2D eigenvalue weighted by Crippen LogP contribution is -2.51. The van der Waals surface area contributed by atoms with Gasteiger partial charge in [0.05, 0.1) is 11.8 Å². The molecule has 1 aliphatic heterocycles. The first kappa shape index (κ1) is 19.3. The van der Waals surface area contributed by atoms with Crippen molar-refractivity contribution in [2.45, 2.75) is 56.3 Å². The van der Waals surface area contributed by atoms with E-state index in [1.54, 1.807) is 0 Å². The van der Waals surface area contributed by atoms with Crippen LogP contribution in [0.4, 0.5) is 0 Å². The van der Waals surface area contributed by atoms with E-state index in [1.165, 1.54) is 27.7 Å². The Morgan fingerprint density at radius 2 is 1.76 bits per heavy atom. The molecule has 1 atom stereocenters. The smallest absolute Gasteiger partial charge is 0.109 e. The molecular formula is C25H29BrN2O. The zero-order valence-corrected chi connectivity index (χ0v) is 19.1. The highest BCUT2D eigenvalue weighted by molar-refractivity contribution is 9.10. The molecule has 1 saturated carbocycles. The van der Waals surface area contributed by atoms with Crippen LogP contribution in [0.3, 0.4) is 0 Å². The monoisotopic (exact) mass is 452 g/mol. The molecule has 0 bridgehead atoms. The Morgan fingerprint density at radius 1 is 1.03 bits per heavy atom. The Hall–Kier alpha value is -1.62. The number of aromatic nitrogens is 1. The minimum atomic E-state index is -0.202. The molecule has 3 aromatic rings. The first-order valence-electron chi connectivity index (χ1n) is 10.6. The average Bonchev–Trinajstić information content (AvgIpc) is 3.08. The third-order valence-electron chi connectivity index (χ3n) is 7.29. The number of benzene rings is 2. The number of H-pyrrole nitrogens is 1. The summed E-state index contributed by atoms with van der Waals surface area (Å²) in [7, 11) is 4.45. The lowest BCUT2D eigenvalue weighted by molar-refractivity contribution is -0.145. The number of hydrogen-bond donors (Lipinski definition) is 1. The van der Waals surface area contributed by atoms with E-state index in [0.29, 0.717) is 0 Å². The fourth-order valence-corrected chi connectivity index (χ4v) is 6.13. The molecule has 29 heavy (non-hydrogen) atoms. The molecule has 0 amide bonds. The van der Waals surface area contributed by atoms with Crippen LogP contribution in [0.25, 0.3) is 10.9 Å². The van der Waals surface area contributed by atoms with Crippen LogP contribution in [0.1, 0.15) is 49.4 Å². The van der Waals surface area contributed by atoms with E-state index in [0.717, 1.165) is 36.6 Å². The molecule has 0 radical (unpaired) electrons. The number of nitrogens with one attached hydrogen (secondary N) is 1. The van der Waals surface area contributed by atoms with Crippen LogP contribution in [0, 0.1) is 0 Å². The fraction of sp³-hybridized carbons (Fsp3) is 0.440. The molecule has 2 aromatic carbocycles. The van der Waals surface area contributed by atoms with Crippen LogP contribution in [0.5, 0.6) is 0 Å². The largest absolute Gasteiger partial charge is 0.365 e. The van der Waals surface area contributed by atoms with E-state index in [2.05, 4.69) is 95.4 Å². The Balaban J connectivity index is 1.56. The van der Waals surface area contributed by atoms with Crippen LogP contribution in [0.15, 0.2) is 53.0 Å². The Labute approximate surface area is 181 Å². The summed E-state index contributed by atoms with van der Waals surface area (Å²) in [6.07, 6.45) is 5.47. The Bertz CT molecular complexity index is 1030. The SMILES string of the molecule is CC1Cc2c([nH]c3ccc(Br)cc23)C2(CCC(c3ccccc3)(N(C)C)CC2)O1. The van der Waals surface area contributed by atoms with Gasteiger partial charge in [-0.05, 0) is 76.0 Å². The van der Waals surface area contributed by atoms with E-state index < -0.39 is 0 Å². The van der Waals surface area contributed by atoms with Crippen molar-refractivity contribution in [1.82, 2.24) is 9.88 Å². The van der Waals surface area contributed by atoms with Crippen molar-refractivity contribution in [2.24, 2.45) is 0 Å². The maximum Gasteiger partial charge on any atom is 0.109 e. The molecular weight excluding hydrogens is 424 g/mol. The van der Waals surface area contributed by atoms with E-state index in [-0.39, 0.29) is 17.2 Å². The second-order valence-corrected chi connectivity index (χ2v) is 10.0. The van der Waals surface area contributed by atoms with Crippen molar-refractivity contribution in [3.05, 3.63) is 69.8 Å². The van der Waals surface area contributed by atoms with Gasteiger partial charge in [0, 0.05) is 27.3 Å². The minimum absolute atomic E-state index is 0.0752. The highest BCUT2D eigenvalue weighted by Gasteiger charge is 2.50. The number of rotatable bonds is 2. The van der Waals surface area contributed by atoms with Gasteiger partial charge in [0.1, 0.15) is 5.60 Å². The van der Waals surface area contributed by atoms with Crippen molar-refractivity contribution >= 4 is 26.8 Å². The molecule has 0 saturated heterocycles. The summed E-state index contributed by atoms with van der Waals surface area (Å²) in [4.78, 5) is 6.18. The van der Waals surface area contributed by atoms with Crippen molar-refractivity contribution in [3.8, 4) is 0 Å². The molecule has 1 spiro atoms. The Kier molecular flexibility index (Phi) is 4.65. The minimum Gasteiger partial charge on any atom is -0.365 e. The average molecular weight is 453 g/mol. The van der Waals surface area contributed by atoms with Crippen molar-refractivity contribution in [1.29, 1.82) is 0 Å². The summed E-state index contributed by atoms with van der Waals surface area (Å²) in [5.41, 5.74) is 5.30. The summed E-state index contributed by atoms with van der Waals surface area (Å²) in [6, 6.07) is 17.6. The number of hydrogen-bond acceptors (Lipinski definition) is 2. The number of halogens is 1. The van der Waals surface area contributed by atoms with E-state index in [9.17, 15) is 0 Å². The van der Waals surface area contributed by atoms with Gasteiger partial charge in [-0.3, -0.25) is 4.90 Å². The molecule has 5 rings (SSSR count). The fourth-order valence-electron chi connectivity index (χ4n) is 5.77. The van der Waals surface area contributed by atoms with Crippen LogP contribution in [0.2, 0.25) is 0 Å². The second-order valence-electron chi connectivity index (χ2n) is 9.09. The third-order valence-corrected chi connectivity index (χ3v) is 7.79. The maximum absolute atomic E-state index is 6.75. The first-order valence-corrected chi connectivity index (χ1v) is 11.4. The molecule has 152 valence electrons. The third kappa shape index (κ3) is 2.99. The topological polar surface area (TPSA) is 28.3 Å². The van der Waals surface area contributed by atoms with Crippen molar-refractivity contribution in [2.75, 3.05) is 14.1 Å². The zero-order chi connectivity index (χ0) is 20.2. The van der Waals surface area contributed by atoms with Crippen LogP contribution < -0.4 is 0 Å². The quantitative estimate of drug-likeness (QED) is 0.507. The molecule has 2 heterocycles. The second kappa shape index (κ2) is 6.97. The van der Waals surface area contributed by atoms with Gasteiger partial charge in [0.2, 0.25) is 0 Å². The molecule has 4 heteroatoms. The molecule has 3 nitrogen and oxygen atoms in total. The number of aromatic amines is 1. The van der Waals surface area contributed by atoms with Gasteiger partial charge in [0.25, 0.3) is 0 Å². The maximum atomic E-state index is 6.75. The summed E-state index contributed by atoms with van der Waals surface area (Å²) in [5.74, 6) is 0. The van der Waals surface area contributed by atoms with E-state index >= 15 is 0 Å². The van der Waals surface area contributed by atoms with Gasteiger partial charge in [-0.1, -0.05) is 46.3 Å². The van der Waals surface area contributed by atoms with Crippen molar-refractivity contribution in [3.63, 3.8) is 0 Å². The predicted molar refractivity (Wildman–Crippen MR) is 122 cm³/mol. The highest BCUT2D eigenvalue weighted by atomic mass is 79.9. The number of ether oxygens (including phenoxy) is 1. The summed E-state index contributed by atoms with van der Waals surface area (Å²) >= 11 is 3.65. The van der Waals surface area contributed by atoms with Crippen LogP contribution >= 0.6 is 15.9 Å². The zero-order valence-electron chi connectivity index (χ0n) is 17.5. The van der Waals surface area contributed by atoms with Gasteiger partial charge in [-0.25, -0.2) is 0 Å². The molecule has 1 aliphatic carbocycles. The lowest BCUT2D eigenvalue weighted by Gasteiger charge is -2.51. The number of fused-ring (bicyclic) bond motifs is 4.